The van der Waals surface area contributed by atoms with Crippen LogP contribution in [0.3, 0.4) is 0 Å². The minimum Gasteiger partial charge on any atom is -0.481 e. The van der Waals surface area contributed by atoms with Crippen molar-refractivity contribution < 1.29 is 14.3 Å². The Bertz CT molecular complexity index is 475. The largest absolute Gasteiger partial charge is 0.481 e. The van der Waals surface area contributed by atoms with Crippen LogP contribution in [-0.2, 0) is 4.79 Å². The monoisotopic (exact) mass is 191 g/mol. The lowest BCUT2D eigenvalue weighted by Crippen LogP contribution is -2.06. The molecule has 4 nitrogen and oxygen atoms in total. The number of carboxylic acid groups (broad SMARTS) is 1. The van der Waals surface area contributed by atoms with E-state index in [4.69, 9.17) is 9.52 Å². The molecule has 14 heavy (non-hydrogen) atoms. The number of hydrogen-bond donors (Lipinski definition) is 1. The van der Waals surface area contributed by atoms with Gasteiger partial charge in [0.15, 0.2) is 12.0 Å². The fourth-order valence-corrected chi connectivity index (χ4v) is 1.28. The van der Waals surface area contributed by atoms with E-state index in [1.165, 1.54) is 6.39 Å². The summed E-state index contributed by atoms with van der Waals surface area (Å²) in [6.45, 7) is 1.64. The Kier molecular flexibility index (Phi) is 1.96. The van der Waals surface area contributed by atoms with Gasteiger partial charge in [-0.25, -0.2) is 4.98 Å². The van der Waals surface area contributed by atoms with Crippen molar-refractivity contribution in [2.75, 3.05) is 0 Å². The van der Waals surface area contributed by atoms with Gasteiger partial charge in [-0.2, -0.15) is 0 Å². The highest BCUT2D eigenvalue weighted by Gasteiger charge is 2.14. The summed E-state index contributed by atoms with van der Waals surface area (Å²) in [6, 6.07) is 5.22. The molecular weight excluding hydrogens is 182 g/mol. The van der Waals surface area contributed by atoms with E-state index in [-0.39, 0.29) is 0 Å². The van der Waals surface area contributed by atoms with Gasteiger partial charge in [-0.1, -0.05) is 6.07 Å². The van der Waals surface area contributed by atoms with Crippen molar-refractivity contribution in [2.24, 2.45) is 0 Å². The summed E-state index contributed by atoms with van der Waals surface area (Å²) in [5.74, 6) is -1.37. The topological polar surface area (TPSA) is 63.3 Å². The lowest BCUT2D eigenvalue weighted by molar-refractivity contribution is -0.138. The molecule has 0 spiro atoms. The van der Waals surface area contributed by atoms with E-state index >= 15 is 0 Å². The maximum atomic E-state index is 10.7. The van der Waals surface area contributed by atoms with Gasteiger partial charge < -0.3 is 9.52 Å². The number of aliphatic carboxylic acids is 1. The van der Waals surface area contributed by atoms with Crippen molar-refractivity contribution >= 4 is 17.1 Å². The summed E-state index contributed by atoms with van der Waals surface area (Å²) >= 11 is 0. The lowest BCUT2D eigenvalue weighted by Gasteiger charge is -2.04. The molecule has 2 rings (SSSR count). The van der Waals surface area contributed by atoms with Crippen LogP contribution in [0.5, 0.6) is 0 Å². The lowest BCUT2D eigenvalue weighted by atomic mass is 10.0. The summed E-state index contributed by atoms with van der Waals surface area (Å²) in [5, 5.41) is 8.81. The number of fused-ring (bicyclic) bond motifs is 1. The zero-order valence-electron chi connectivity index (χ0n) is 7.60. The highest BCUT2D eigenvalue weighted by atomic mass is 16.4. The first-order valence-electron chi connectivity index (χ1n) is 4.24. The highest BCUT2D eigenvalue weighted by Crippen LogP contribution is 2.20. The molecule has 0 saturated heterocycles. The fourth-order valence-electron chi connectivity index (χ4n) is 1.28. The van der Waals surface area contributed by atoms with Crippen LogP contribution in [0.15, 0.2) is 29.0 Å². The predicted molar refractivity (Wildman–Crippen MR) is 50.1 cm³/mol. The molecule has 1 unspecified atom stereocenters. The van der Waals surface area contributed by atoms with Gasteiger partial charge in [0.25, 0.3) is 0 Å². The maximum absolute atomic E-state index is 10.7. The molecule has 0 aliphatic carbocycles. The second-order valence-corrected chi connectivity index (χ2v) is 3.14. The van der Waals surface area contributed by atoms with Crippen LogP contribution >= 0.6 is 0 Å². The van der Waals surface area contributed by atoms with Crippen LogP contribution in [0, 0.1) is 0 Å². The summed E-state index contributed by atoms with van der Waals surface area (Å²) in [7, 11) is 0. The Hall–Kier alpha value is -1.84. The zero-order valence-corrected chi connectivity index (χ0v) is 7.60. The molecule has 4 heteroatoms. The molecule has 72 valence electrons. The summed E-state index contributed by atoms with van der Waals surface area (Å²) in [5.41, 5.74) is 2.09. The van der Waals surface area contributed by atoms with Gasteiger partial charge in [0.05, 0.1) is 5.92 Å². The molecule has 0 radical (unpaired) electrons. The third-order valence-electron chi connectivity index (χ3n) is 2.23. The van der Waals surface area contributed by atoms with Crippen LogP contribution in [0.4, 0.5) is 0 Å². The van der Waals surface area contributed by atoms with Gasteiger partial charge in [-0.05, 0) is 24.6 Å². The number of carboxylic acids is 1. The third-order valence-corrected chi connectivity index (χ3v) is 2.23. The Morgan fingerprint density at radius 3 is 3.07 bits per heavy atom. The molecule has 0 aliphatic rings. The van der Waals surface area contributed by atoms with Crippen molar-refractivity contribution in [1.29, 1.82) is 0 Å². The van der Waals surface area contributed by atoms with Gasteiger partial charge >= 0.3 is 5.97 Å². The molecule has 1 aromatic carbocycles. The Morgan fingerprint density at radius 2 is 2.36 bits per heavy atom. The molecule has 1 aromatic heterocycles. The third kappa shape index (κ3) is 1.35. The van der Waals surface area contributed by atoms with E-state index in [9.17, 15) is 4.79 Å². The van der Waals surface area contributed by atoms with Crippen LogP contribution in [0.25, 0.3) is 11.1 Å². The molecule has 0 saturated carbocycles. The number of rotatable bonds is 2. The standard InChI is InChI=1S/C10H9NO3/c1-6(10(12)13)7-2-3-8-9(4-7)14-5-11-8/h2-6H,1H3,(H,12,13). The summed E-state index contributed by atoms with van der Waals surface area (Å²) in [4.78, 5) is 14.7. The van der Waals surface area contributed by atoms with Crippen LogP contribution in [-0.4, -0.2) is 16.1 Å². The Labute approximate surface area is 80.2 Å². The first-order valence-corrected chi connectivity index (χ1v) is 4.24. The normalized spacial score (nSPS) is 12.9. The summed E-state index contributed by atoms with van der Waals surface area (Å²) in [6.07, 6.45) is 1.35. The smallest absolute Gasteiger partial charge is 0.310 e. The molecule has 0 bridgehead atoms. The first kappa shape index (κ1) is 8.74. The van der Waals surface area contributed by atoms with Crippen molar-refractivity contribution in [3.05, 3.63) is 30.2 Å². The average molecular weight is 191 g/mol. The molecule has 1 N–H and O–H groups in total. The van der Waals surface area contributed by atoms with Gasteiger partial charge in [-0.3, -0.25) is 4.79 Å². The van der Waals surface area contributed by atoms with Gasteiger partial charge in [-0.15, -0.1) is 0 Å². The number of aromatic nitrogens is 1. The minimum absolute atomic E-state index is 0.524. The number of nitrogens with zero attached hydrogens (tertiary/aromatic N) is 1. The number of oxazole rings is 1. The van der Waals surface area contributed by atoms with E-state index in [2.05, 4.69) is 4.98 Å². The van der Waals surface area contributed by atoms with Gasteiger partial charge in [0.1, 0.15) is 5.52 Å². The quantitative estimate of drug-likeness (QED) is 0.788. The fraction of sp³-hybridized carbons (Fsp3) is 0.200. The molecule has 1 atom stereocenters. The molecule has 2 aromatic rings. The van der Waals surface area contributed by atoms with Gasteiger partial charge in [0.2, 0.25) is 0 Å². The second-order valence-electron chi connectivity index (χ2n) is 3.14. The van der Waals surface area contributed by atoms with E-state index < -0.39 is 11.9 Å². The number of benzene rings is 1. The Morgan fingerprint density at radius 1 is 1.57 bits per heavy atom. The number of hydrogen-bond acceptors (Lipinski definition) is 3. The first-order chi connectivity index (χ1) is 6.68. The van der Waals surface area contributed by atoms with E-state index in [1.807, 2.05) is 0 Å². The molecular formula is C10H9NO3. The van der Waals surface area contributed by atoms with Crippen LogP contribution in [0.1, 0.15) is 18.4 Å². The Balaban J connectivity index is 2.48. The van der Waals surface area contributed by atoms with Crippen molar-refractivity contribution in [3.63, 3.8) is 0 Å². The van der Waals surface area contributed by atoms with Crippen LogP contribution in [0.2, 0.25) is 0 Å². The van der Waals surface area contributed by atoms with E-state index in [1.54, 1.807) is 25.1 Å². The molecule has 0 aliphatic heterocycles. The maximum Gasteiger partial charge on any atom is 0.310 e. The van der Waals surface area contributed by atoms with Crippen molar-refractivity contribution in [3.8, 4) is 0 Å². The van der Waals surface area contributed by atoms with Crippen LogP contribution < -0.4 is 0 Å². The molecule has 0 fully saturated rings. The molecule has 1 heterocycles. The zero-order chi connectivity index (χ0) is 10.1. The van der Waals surface area contributed by atoms with E-state index in [0.717, 1.165) is 11.1 Å². The van der Waals surface area contributed by atoms with E-state index in [0.29, 0.717) is 5.58 Å². The van der Waals surface area contributed by atoms with Crippen molar-refractivity contribution in [1.82, 2.24) is 4.98 Å². The summed E-state index contributed by atoms with van der Waals surface area (Å²) < 4.78 is 5.08. The molecule has 0 amide bonds. The predicted octanol–water partition coefficient (Wildman–Crippen LogP) is 2.02. The minimum atomic E-state index is -0.844. The second kappa shape index (κ2) is 3.14. The van der Waals surface area contributed by atoms with Gasteiger partial charge in [0, 0.05) is 0 Å². The number of carbonyl (C=O) groups is 1. The highest BCUT2D eigenvalue weighted by molar-refractivity contribution is 5.79. The SMILES string of the molecule is CC(C(=O)O)c1ccc2ncoc2c1. The van der Waals surface area contributed by atoms with Crippen molar-refractivity contribution in [2.45, 2.75) is 12.8 Å². The average Bonchev–Trinajstić information content (AvgIpc) is 2.62.